The molecule has 0 amide bonds. The van der Waals surface area contributed by atoms with Gasteiger partial charge in [-0.1, -0.05) is 25.7 Å². The van der Waals surface area contributed by atoms with Gasteiger partial charge in [0.05, 0.1) is 11.7 Å². The maximum absolute atomic E-state index is 6.13. The van der Waals surface area contributed by atoms with Gasteiger partial charge in [0.15, 0.2) is 0 Å². The maximum atomic E-state index is 6.13. The van der Waals surface area contributed by atoms with Gasteiger partial charge in [-0.05, 0) is 33.6 Å². The van der Waals surface area contributed by atoms with E-state index in [0.717, 1.165) is 12.8 Å². The van der Waals surface area contributed by atoms with Crippen molar-refractivity contribution in [3.8, 4) is 0 Å². The molecule has 1 saturated carbocycles. The largest absolute Gasteiger partial charge is 0.371 e. The van der Waals surface area contributed by atoms with Crippen LogP contribution in [0.4, 0.5) is 0 Å². The van der Waals surface area contributed by atoms with Gasteiger partial charge in [0, 0.05) is 6.04 Å². The minimum absolute atomic E-state index is 0.0541. The van der Waals surface area contributed by atoms with Crippen molar-refractivity contribution in [1.82, 2.24) is 0 Å². The van der Waals surface area contributed by atoms with Crippen LogP contribution in [0.5, 0.6) is 0 Å². The van der Waals surface area contributed by atoms with E-state index >= 15 is 0 Å². The molecule has 1 rings (SSSR count). The SMILES string of the molecule is CC(C)(C)OC1CCCCCCC1N. The van der Waals surface area contributed by atoms with Crippen molar-refractivity contribution in [2.75, 3.05) is 0 Å². The molecule has 0 bridgehead atoms. The third kappa shape index (κ3) is 4.43. The quantitative estimate of drug-likeness (QED) is 0.705. The molecule has 0 saturated heterocycles. The molecule has 14 heavy (non-hydrogen) atoms. The van der Waals surface area contributed by atoms with E-state index in [-0.39, 0.29) is 17.7 Å². The van der Waals surface area contributed by atoms with Crippen LogP contribution in [0.2, 0.25) is 0 Å². The Morgan fingerprint density at radius 1 is 1.00 bits per heavy atom. The molecular weight excluding hydrogens is 174 g/mol. The molecule has 0 aromatic heterocycles. The predicted molar refractivity (Wildman–Crippen MR) is 60.3 cm³/mol. The van der Waals surface area contributed by atoms with E-state index in [1.54, 1.807) is 0 Å². The van der Waals surface area contributed by atoms with Crippen LogP contribution in [0.1, 0.15) is 59.3 Å². The van der Waals surface area contributed by atoms with Crippen LogP contribution >= 0.6 is 0 Å². The fraction of sp³-hybridized carbons (Fsp3) is 1.00. The zero-order valence-corrected chi connectivity index (χ0v) is 9.88. The maximum Gasteiger partial charge on any atom is 0.0733 e. The summed E-state index contributed by atoms with van der Waals surface area (Å²) in [6, 6.07) is 0.245. The first kappa shape index (κ1) is 12.0. The number of nitrogens with two attached hydrogens (primary N) is 1. The Kier molecular flexibility index (Phi) is 4.39. The minimum Gasteiger partial charge on any atom is -0.371 e. The van der Waals surface area contributed by atoms with Crippen LogP contribution in [-0.4, -0.2) is 17.7 Å². The molecule has 1 aliphatic rings. The summed E-state index contributed by atoms with van der Waals surface area (Å²) >= 11 is 0. The van der Waals surface area contributed by atoms with Crippen molar-refractivity contribution < 1.29 is 4.74 Å². The molecule has 2 unspecified atom stereocenters. The van der Waals surface area contributed by atoms with Crippen LogP contribution in [0.25, 0.3) is 0 Å². The van der Waals surface area contributed by atoms with Gasteiger partial charge in [-0.25, -0.2) is 0 Å². The topological polar surface area (TPSA) is 35.2 Å². The van der Waals surface area contributed by atoms with Crippen LogP contribution in [0.3, 0.4) is 0 Å². The van der Waals surface area contributed by atoms with E-state index in [0.29, 0.717) is 0 Å². The first-order chi connectivity index (χ1) is 6.49. The lowest BCUT2D eigenvalue weighted by atomic mass is 9.94. The minimum atomic E-state index is -0.0541. The van der Waals surface area contributed by atoms with E-state index in [1.165, 1.54) is 25.7 Å². The average molecular weight is 199 g/mol. The normalized spacial score (nSPS) is 30.9. The number of ether oxygens (including phenoxy) is 1. The van der Waals surface area contributed by atoms with Crippen LogP contribution in [0, 0.1) is 0 Å². The second-order valence-electron chi connectivity index (χ2n) is 5.42. The van der Waals surface area contributed by atoms with Crippen molar-refractivity contribution in [1.29, 1.82) is 0 Å². The van der Waals surface area contributed by atoms with Crippen molar-refractivity contribution in [2.24, 2.45) is 5.73 Å². The van der Waals surface area contributed by atoms with E-state index in [1.807, 2.05) is 0 Å². The Labute approximate surface area is 88.2 Å². The summed E-state index contributed by atoms with van der Waals surface area (Å²) in [6.45, 7) is 6.33. The molecule has 1 aliphatic carbocycles. The number of rotatable bonds is 1. The smallest absolute Gasteiger partial charge is 0.0733 e. The zero-order valence-electron chi connectivity index (χ0n) is 9.88. The van der Waals surface area contributed by atoms with Gasteiger partial charge in [-0.15, -0.1) is 0 Å². The van der Waals surface area contributed by atoms with Crippen molar-refractivity contribution in [2.45, 2.75) is 77.0 Å². The summed E-state index contributed by atoms with van der Waals surface area (Å²) in [4.78, 5) is 0. The summed E-state index contributed by atoms with van der Waals surface area (Å²) in [5.41, 5.74) is 6.08. The molecule has 84 valence electrons. The second kappa shape index (κ2) is 5.13. The summed E-state index contributed by atoms with van der Waals surface area (Å²) in [5.74, 6) is 0. The Bertz CT molecular complexity index is 162. The Morgan fingerprint density at radius 2 is 1.57 bits per heavy atom. The van der Waals surface area contributed by atoms with Crippen LogP contribution in [0.15, 0.2) is 0 Å². The molecular formula is C12H25NO. The highest BCUT2D eigenvalue weighted by Crippen LogP contribution is 2.22. The van der Waals surface area contributed by atoms with Gasteiger partial charge in [0.1, 0.15) is 0 Å². The van der Waals surface area contributed by atoms with Crippen molar-refractivity contribution >= 4 is 0 Å². The van der Waals surface area contributed by atoms with Crippen molar-refractivity contribution in [3.63, 3.8) is 0 Å². The third-order valence-corrected chi connectivity index (χ3v) is 2.76. The van der Waals surface area contributed by atoms with Crippen LogP contribution < -0.4 is 5.73 Å². The van der Waals surface area contributed by atoms with Crippen LogP contribution in [-0.2, 0) is 4.74 Å². The van der Waals surface area contributed by atoms with Crippen molar-refractivity contribution in [3.05, 3.63) is 0 Å². The summed E-state index contributed by atoms with van der Waals surface area (Å²) in [5, 5.41) is 0. The molecule has 0 spiro atoms. The third-order valence-electron chi connectivity index (χ3n) is 2.76. The highest BCUT2D eigenvalue weighted by molar-refractivity contribution is 4.78. The molecule has 1 fully saturated rings. The lowest BCUT2D eigenvalue weighted by Gasteiger charge is -2.32. The molecule has 2 heteroatoms. The van der Waals surface area contributed by atoms with Gasteiger partial charge >= 0.3 is 0 Å². The summed E-state index contributed by atoms with van der Waals surface area (Å²) < 4.78 is 6.00. The fourth-order valence-electron chi connectivity index (χ4n) is 2.08. The number of hydrogen-bond acceptors (Lipinski definition) is 2. The Balaban J connectivity index is 2.45. The summed E-state index contributed by atoms with van der Waals surface area (Å²) in [7, 11) is 0. The van der Waals surface area contributed by atoms with Gasteiger partial charge in [-0.2, -0.15) is 0 Å². The van der Waals surface area contributed by atoms with Gasteiger partial charge in [0.2, 0.25) is 0 Å². The van der Waals surface area contributed by atoms with Gasteiger partial charge in [-0.3, -0.25) is 0 Å². The molecule has 0 radical (unpaired) electrons. The molecule has 2 atom stereocenters. The van der Waals surface area contributed by atoms with E-state index in [9.17, 15) is 0 Å². The Hall–Kier alpha value is -0.0800. The first-order valence-corrected chi connectivity index (χ1v) is 5.92. The standard InChI is InChI=1S/C12H25NO/c1-12(2,3)14-11-9-7-5-4-6-8-10(11)13/h10-11H,4-9,13H2,1-3H3. The average Bonchev–Trinajstić information content (AvgIpc) is 2.03. The highest BCUT2D eigenvalue weighted by atomic mass is 16.5. The number of hydrogen-bond donors (Lipinski definition) is 1. The highest BCUT2D eigenvalue weighted by Gasteiger charge is 2.24. The zero-order chi connectivity index (χ0) is 10.6. The molecule has 0 aliphatic heterocycles. The fourth-order valence-corrected chi connectivity index (χ4v) is 2.08. The van der Waals surface area contributed by atoms with Gasteiger partial charge < -0.3 is 10.5 Å². The lowest BCUT2D eigenvalue weighted by Crippen LogP contribution is -2.41. The summed E-state index contributed by atoms with van der Waals surface area (Å²) in [6.07, 6.45) is 7.76. The predicted octanol–water partition coefficient (Wildman–Crippen LogP) is 2.85. The molecule has 0 aromatic rings. The molecule has 0 aromatic carbocycles. The van der Waals surface area contributed by atoms with Gasteiger partial charge in [0.25, 0.3) is 0 Å². The molecule has 2 N–H and O–H groups in total. The first-order valence-electron chi connectivity index (χ1n) is 5.92. The molecule has 0 heterocycles. The Morgan fingerprint density at radius 3 is 2.14 bits per heavy atom. The second-order valence-corrected chi connectivity index (χ2v) is 5.42. The van der Waals surface area contributed by atoms with E-state index in [2.05, 4.69) is 20.8 Å². The lowest BCUT2D eigenvalue weighted by molar-refractivity contribution is -0.0766. The van der Waals surface area contributed by atoms with E-state index in [4.69, 9.17) is 10.5 Å². The van der Waals surface area contributed by atoms with E-state index < -0.39 is 0 Å². The molecule has 2 nitrogen and oxygen atoms in total. The monoisotopic (exact) mass is 199 g/mol.